The first-order chi connectivity index (χ1) is 7.67. The summed E-state index contributed by atoms with van der Waals surface area (Å²) >= 11 is 0. The normalized spacial score (nSPS) is 20.4. The van der Waals surface area contributed by atoms with Gasteiger partial charge in [-0.2, -0.15) is 5.10 Å². The van der Waals surface area contributed by atoms with Crippen LogP contribution < -0.4 is 5.32 Å². The first kappa shape index (κ1) is 11.6. The van der Waals surface area contributed by atoms with E-state index in [1.54, 1.807) is 0 Å². The Labute approximate surface area is 98.0 Å². The van der Waals surface area contributed by atoms with Gasteiger partial charge in [-0.25, -0.2) is 0 Å². The Balaban J connectivity index is 1.88. The van der Waals surface area contributed by atoms with Crippen LogP contribution >= 0.6 is 0 Å². The van der Waals surface area contributed by atoms with Gasteiger partial charge in [0.15, 0.2) is 0 Å². The summed E-state index contributed by atoms with van der Waals surface area (Å²) in [4.78, 5) is 0. The molecular weight excluding hydrogens is 198 g/mol. The Morgan fingerprint density at radius 2 is 2.31 bits per heavy atom. The number of hydrogen-bond acceptors (Lipinski definition) is 2. The lowest BCUT2D eigenvalue weighted by Crippen LogP contribution is -2.40. The Bertz CT molecular complexity index is 333. The van der Waals surface area contributed by atoms with Gasteiger partial charge in [-0.3, -0.25) is 5.10 Å². The molecule has 1 unspecified atom stereocenters. The van der Waals surface area contributed by atoms with E-state index in [9.17, 15) is 0 Å². The summed E-state index contributed by atoms with van der Waals surface area (Å²) < 4.78 is 0. The Morgan fingerprint density at radius 3 is 2.75 bits per heavy atom. The minimum Gasteiger partial charge on any atom is -0.310 e. The van der Waals surface area contributed by atoms with E-state index in [4.69, 9.17) is 0 Å². The van der Waals surface area contributed by atoms with E-state index >= 15 is 0 Å². The van der Waals surface area contributed by atoms with E-state index in [0.29, 0.717) is 11.5 Å². The molecule has 2 rings (SSSR count). The molecule has 1 atom stereocenters. The van der Waals surface area contributed by atoms with E-state index in [1.807, 2.05) is 6.20 Å². The zero-order valence-electron chi connectivity index (χ0n) is 10.6. The number of H-pyrrole nitrogens is 1. The second kappa shape index (κ2) is 4.58. The summed E-state index contributed by atoms with van der Waals surface area (Å²) in [6.45, 7) is 7.77. The SMILES string of the molecule is CCC1(CNC(C)c2cn[nH]c2C)CCC1. The third-order valence-electron chi connectivity index (χ3n) is 4.28. The van der Waals surface area contributed by atoms with Crippen molar-refractivity contribution in [3.05, 3.63) is 17.5 Å². The van der Waals surface area contributed by atoms with E-state index in [2.05, 4.69) is 36.3 Å². The number of nitrogens with zero attached hydrogens (tertiary/aromatic N) is 1. The largest absolute Gasteiger partial charge is 0.310 e. The van der Waals surface area contributed by atoms with Crippen molar-refractivity contribution in [2.45, 2.75) is 52.5 Å². The molecule has 1 heterocycles. The van der Waals surface area contributed by atoms with Crippen LogP contribution in [0.3, 0.4) is 0 Å². The number of nitrogens with one attached hydrogen (secondary N) is 2. The third kappa shape index (κ3) is 2.14. The molecule has 1 saturated carbocycles. The molecule has 2 N–H and O–H groups in total. The van der Waals surface area contributed by atoms with Gasteiger partial charge in [0.2, 0.25) is 0 Å². The van der Waals surface area contributed by atoms with Crippen LogP contribution in [0.5, 0.6) is 0 Å². The van der Waals surface area contributed by atoms with Gasteiger partial charge in [-0.1, -0.05) is 13.3 Å². The van der Waals surface area contributed by atoms with Crippen molar-refractivity contribution in [3.63, 3.8) is 0 Å². The monoisotopic (exact) mass is 221 g/mol. The van der Waals surface area contributed by atoms with Crippen molar-refractivity contribution in [2.75, 3.05) is 6.54 Å². The van der Waals surface area contributed by atoms with Gasteiger partial charge in [0, 0.05) is 23.8 Å². The van der Waals surface area contributed by atoms with Crippen molar-refractivity contribution in [3.8, 4) is 0 Å². The summed E-state index contributed by atoms with van der Waals surface area (Å²) in [6, 6.07) is 0.405. The zero-order chi connectivity index (χ0) is 11.6. The molecule has 0 spiro atoms. The van der Waals surface area contributed by atoms with E-state index in [1.165, 1.54) is 36.9 Å². The van der Waals surface area contributed by atoms with Crippen LogP contribution in [-0.4, -0.2) is 16.7 Å². The summed E-state index contributed by atoms with van der Waals surface area (Å²) in [5.74, 6) is 0. The Kier molecular flexibility index (Phi) is 3.33. The van der Waals surface area contributed by atoms with Crippen molar-refractivity contribution >= 4 is 0 Å². The van der Waals surface area contributed by atoms with Crippen LogP contribution in [0.25, 0.3) is 0 Å². The van der Waals surface area contributed by atoms with Gasteiger partial charge in [-0.15, -0.1) is 0 Å². The standard InChI is InChI=1S/C13H23N3/c1-4-13(6-5-7-13)9-14-10(2)12-8-15-16-11(12)3/h8,10,14H,4-7,9H2,1-3H3,(H,15,16). The zero-order valence-corrected chi connectivity index (χ0v) is 10.6. The minimum atomic E-state index is 0.405. The maximum atomic E-state index is 4.08. The minimum absolute atomic E-state index is 0.405. The van der Waals surface area contributed by atoms with Crippen molar-refractivity contribution in [1.29, 1.82) is 0 Å². The van der Waals surface area contributed by atoms with Crippen LogP contribution in [0.1, 0.15) is 56.8 Å². The topological polar surface area (TPSA) is 40.7 Å². The molecule has 1 fully saturated rings. The van der Waals surface area contributed by atoms with Crippen LogP contribution in [0, 0.1) is 12.3 Å². The lowest BCUT2D eigenvalue weighted by molar-refractivity contribution is 0.120. The molecule has 0 saturated heterocycles. The van der Waals surface area contributed by atoms with Crippen LogP contribution in [0.15, 0.2) is 6.20 Å². The fourth-order valence-corrected chi connectivity index (χ4v) is 2.61. The number of aromatic amines is 1. The van der Waals surface area contributed by atoms with Crippen molar-refractivity contribution in [1.82, 2.24) is 15.5 Å². The van der Waals surface area contributed by atoms with Gasteiger partial charge >= 0.3 is 0 Å². The van der Waals surface area contributed by atoms with Crippen molar-refractivity contribution in [2.24, 2.45) is 5.41 Å². The molecule has 0 aliphatic heterocycles. The van der Waals surface area contributed by atoms with E-state index < -0.39 is 0 Å². The van der Waals surface area contributed by atoms with Crippen LogP contribution in [0.2, 0.25) is 0 Å². The fourth-order valence-electron chi connectivity index (χ4n) is 2.61. The molecule has 0 amide bonds. The molecule has 16 heavy (non-hydrogen) atoms. The molecular formula is C13H23N3. The highest BCUT2D eigenvalue weighted by Crippen LogP contribution is 2.43. The Hall–Kier alpha value is -0.830. The predicted molar refractivity (Wildman–Crippen MR) is 66.3 cm³/mol. The van der Waals surface area contributed by atoms with Gasteiger partial charge in [0.25, 0.3) is 0 Å². The fraction of sp³-hybridized carbons (Fsp3) is 0.769. The number of hydrogen-bond donors (Lipinski definition) is 2. The maximum Gasteiger partial charge on any atom is 0.0537 e. The number of rotatable bonds is 5. The lowest BCUT2D eigenvalue weighted by Gasteiger charge is -2.42. The smallest absolute Gasteiger partial charge is 0.0537 e. The predicted octanol–water partition coefficient (Wildman–Crippen LogP) is 2.95. The van der Waals surface area contributed by atoms with Gasteiger partial charge < -0.3 is 5.32 Å². The summed E-state index contributed by atoms with van der Waals surface area (Å²) in [7, 11) is 0. The van der Waals surface area contributed by atoms with Gasteiger partial charge in [0.1, 0.15) is 0 Å². The molecule has 1 aliphatic carbocycles. The molecule has 0 radical (unpaired) electrons. The highest BCUT2D eigenvalue weighted by atomic mass is 15.1. The average molecular weight is 221 g/mol. The molecule has 1 aliphatic rings. The molecule has 0 bridgehead atoms. The quantitative estimate of drug-likeness (QED) is 0.802. The van der Waals surface area contributed by atoms with Crippen molar-refractivity contribution < 1.29 is 0 Å². The first-order valence-electron chi connectivity index (χ1n) is 6.40. The molecule has 3 heteroatoms. The Morgan fingerprint density at radius 1 is 1.56 bits per heavy atom. The van der Waals surface area contributed by atoms with Crippen LogP contribution in [-0.2, 0) is 0 Å². The second-order valence-electron chi connectivity index (χ2n) is 5.26. The van der Waals surface area contributed by atoms with E-state index in [0.717, 1.165) is 6.54 Å². The molecule has 1 aromatic rings. The second-order valence-corrected chi connectivity index (χ2v) is 5.26. The highest BCUT2D eigenvalue weighted by molar-refractivity contribution is 5.18. The highest BCUT2D eigenvalue weighted by Gasteiger charge is 2.34. The third-order valence-corrected chi connectivity index (χ3v) is 4.28. The molecule has 90 valence electrons. The number of aryl methyl sites for hydroxylation is 1. The van der Waals surface area contributed by atoms with E-state index in [-0.39, 0.29) is 0 Å². The average Bonchev–Trinajstić information content (AvgIpc) is 2.63. The van der Waals surface area contributed by atoms with Gasteiger partial charge in [0.05, 0.1) is 6.20 Å². The maximum absolute atomic E-state index is 4.08. The lowest BCUT2D eigenvalue weighted by atomic mass is 9.67. The molecule has 3 nitrogen and oxygen atoms in total. The summed E-state index contributed by atoms with van der Waals surface area (Å²) in [6.07, 6.45) is 7.44. The van der Waals surface area contributed by atoms with Crippen LogP contribution in [0.4, 0.5) is 0 Å². The number of aromatic nitrogens is 2. The summed E-state index contributed by atoms with van der Waals surface area (Å²) in [5.41, 5.74) is 3.07. The molecule has 1 aromatic heterocycles. The first-order valence-corrected chi connectivity index (χ1v) is 6.40. The summed E-state index contributed by atoms with van der Waals surface area (Å²) in [5, 5.41) is 10.7. The van der Waals surface area contributed by atoms with Gasteiger partial charge in [-0.05, 0) is 38.5 Å². The molecule has 0 aromatic carbocycles.